The van der Waals surface area contributed by atoms with Gasteiger partial charge in [0.2, 0.25) is 21.8 Å². The molecule has 0 spiro atoms. The van der Waals surface area contributed by atoms with Crippen molar-refractivity contribution in [3.8, 4) is 0 Å². The van der Waals surface area contributed by atoms with Gasteiger partial charge in [-0.2, -0.15) is 0 Å². The Morgan fingerprint density at radius 2 is 1.47 bits per heavy atom. The van der Waals surface area contributed by atoms with Crippen LogP contribution in [0.4, 0.5) is 5.69 Å². The summed E-state index contributed by atoms with van der Waals surface area (Å²) in [7, 11) is -3.77. The molecule has 0 saturated heterocycles. The highest BCUT2D eigenvalue weighted by atomic mass is 79.9. The number of para-hydroxylation sites is 1. The van der Waals surface area contributed by atoms with E-state index in [9.17, 15) is 18.0 Å². The van der Waals surface area contributed by atoms with Gasteiger partial charge in [-0.15, -0.1) is 0 Å². The van der Waals surface area contributed by atoms with E-state index in [1.54, 1.807) is 30.3 Å². The summed E-state index contributed by atoms with van der Waals surface area (Å²) in [6.07, 6.45) is 2.10. The fourth-order valence-corrected chi connectivity index (χ4v) is 5.10. The topological polar surface area (TPSA) is 86.8 Å². The summed E-state index contributed by atoms with van der Waals surface area (Å²) >= 11 is 3.43. The van der Waals surface area contributed by atoms with E-state index in [4.69, 9.17) is 0 Å². The molecular formula is C29H34BrN3O4S. The Morgan fingerprint density at radius 3 is 2.03 bits per heavy atom. The van der Waals surface area contributed by atoms with Crippen LogP contribution in [0.25, 0.3) is 0 Å². The number of sulfonamides is 1. The van der Waals surface area contributed by atoms with E-state index in [1.165, 1.54) is 4.90 Å². The van der Waals surface area contributed by atoms with Gasteiger partial charge >= 0.3 is 0 Å². The molecule has 0 unspecified atom stereocenters. The molecule has 0 saturated carbocycles. The van der Waals surface area contributed by atoms with E-state index < -0.39 is 28.5 Å². The van der Waals surface area contributed by atoms with Crippen molar-refractivity contribution in [1.82, 2.24) is 10.2 Å². The van der Waals surface area contributed by atoms with Crippen molar-refractivity contribution in [1.29, 1.82) is 0 Å². The van der Waals surface area contributed by atoms with E-state index in [-0.39, 0.29) is 24.9 Å². The van der Waals surface area contributed by atoms with E-state index in [0.717, 1.165) is 32.6 Å². The van der Waals surface area contributed by atoms with Gasteiger partial charge < -0.3 is 10.2 Å². The summed E-state index contributed by atoms with van der Waals surface area (Å²) < 4.78 is 27.4. The number of hydrogen-bond donors (Lipinski definition) is 1. The van der Waals surface area contributed by atoms with Crippen molar-refractivity contribution in [3.05, 3.63) is 101 Å². The number of carbonyl (C=O) groups excluding carboxylic acids is 2. The summed E-state index contributed by atoms with van der Waals surface area (Å²) in [5, 5.41) is 3.02. The second-order valence-corrected chi connectivity index (χ2v) is 12.1. The highest BCUT2D eigenvalue weighted by Crippen LogP contribution is 2.21. The molecule has 7 nitrogen and oxygen atoms in total. The Morgan fingerprint density at radius 1 is 0.895 bits per heavy atom. The predicted octanol–water partition coefficient (Wildman–Crippen LogP) is 4.77. The molecule has 3 aromatic rings. The Hall–Kier alpha value is -3.17. The van der Waals surface area contributed by atoms with Gasteiger partial charge in [0.15, 0.2) is 0 Å². The van der Waals surface area contributed by atoms with Crippen LogP contribution in [0.15, 0.2) is 89.4 Å². The first-order chi connectivity index (χ1) is 18.1. The van der Waals surface area contributed by atoms with E-state index >= 15 is 0 Å². The normalized spacial score (nSPS) is 12.8. The minimum Gasteiger partial charge on any atom is -0.352 e. The zero-order valence-electron chi connectivity index (χ0n) is 21.9. The first kappa shape index (κ1) is 29.4. The molecule has 2 atom stereocenters. The Kier molecular flexibility index (Phi) is 10.5. The van der Waals surface area contributed by atoms with Crippen molar-refractivity contribution in [2.45, 2.75) is 45.3 Å². The van der Waals surface area contributed by atoms with Gasteiger partial charge in [0.25, 0.3) is 0 Å². The van der Waals surface area contributed by atoms with Crippen molar-refractivity contribution >= 4 is 43.5 Å². The maximum Gasteiger partial charge on any atom is 0.244 e. The third-order valence-electron chi connectivity index (χ3n) is 6.26. The summed E-state index contributed by atoms with van der Waals surface area (Å²) in [6.45, 7) is 3.61. The predicted molar refractivity (Wildman–Crippen MR) is 155 cm³/mol. The highest BCUT2D eigenvalue weighted by Gasteiger charge is 2.33. The summed E-state index contributed by atoms with van der Waals surface area (Å²) in [5.74, 6) is -0.748. The molecule has 38 heavy (non-hydrogen) atoms. The van der Waals surface area contributed by atoms with Crippen LogP contribution in [-0.2, 0) is 32.6 Å². The molecule has 0 bridgehead atoms. The van der Waals surface area contributed by atoms with Gasteiger partial charge in [-0.3, -0.25) is 13.9 Å². The number of anilines is 1. The zero-order chi connectivity index (χ0) is 27.7. The number of nitrogens with zero attached hydrogens (tertiary/aromatic N) is 2. The Bertz CT molecular complexity index is 1300. The second kappa shape index (κ2) is 13.6. The van der Waals surface area contributed by atoms with E-state index in [1.807, 2.05) is 68.4 Å². The van der Waals surface area contributed by atoms with Crippen molar-refractivity contribution in [3.63, 3.8) is 0 Å². The van der Waals surface area contributed by atoms with Crippen molar-refractivity contribution < 1.29 is 18.0 Å². The Labute approximate surface area is 234 Å². The van der Waals surface area contributed by atoms with Crippen LogP contribution in [0.3, 0.4) is 0 Å². The third-order valence-corrected chi connectivity index (χ3v) is 7.93. The summed E-state index contributed by atoms with van der Waals surface area (Å²) in [4.78, 5) is 29.1. The van der Waals surface area contributed by atoms with Crippen LogP contribution in [0.5, 0.6) is 0 Å². The molecule has 3 rings (SSSR count). The highest BCUT2D eigenvalue weighted by molar-refractivity contribution is 9.10. The van der Waals surface area contributed by atoms with Gasteiger partial charge in [-0.1, -0.05) is 83.5 Å². The van der Waals surface area contributed by atoms with Gasteiger partial charge in [0.05, 0.1) is 11.9 Å². The molecule has 2 amide bonds. The van der Waals surface area contributed by atoms with Crippen LogP contribution >= 0.6 is 15.9 Å². The smallest absolute Gasteiger partial charge is 0.244 e. The number of hydrogen-bond acceptors (Lipinski definition) is 4. The van der Waals surface area contributed by atoms with Gasteiger partial charge in [0.1, 0.15) is 12.6 Å². The first-order valence-electron chi connectivity index (χ1n) is 12.5. The first-order valence-corrected chi connectivity index (χ1v) is 15.1. The number of nitrogens with one attached hydrogen (secondary N) is 1. The second-order valence-electron chi connectivity index (χ2n) is 9.28. The molecule has 0 aliphatic rings. The molecule has 9 heteroatoms. The molecule has 0 radical (unpaired) electrons. The van der Waals surface area contributed by atoms with E-state index in [0.29, 0.717) is 5.69 Å². The van der Waals surface area contributed by atoms with E-state index in [2.05, 4.69) is 21.2 Å². The van der Waals surface area contributed by atoms with Crippen LogP contribution in [0, 0.1) is 0 Å². The largest absolute Gasteiger partial charge is 0.352 e. The summed E-state index contributed by atoms with van der Waals surface area (Å²) in [6, 6.07) is 24.6. The number of halogens is 1. The number of amides is 2. The Balaban J connectivity index is 2.03. The standard InChI is InChI=1S/C29H34BrN3O4S/c1-4-22(2)31-29(35)27(19-23-11-7-5-8-12-23)32(20-24-15-17-25(30)18-16-24)28(34)21-33(38(3,36)37)26-13-9-6-10-14-26/h5-18,22,27H,4,19-21H2,1-3H3,(H,31,35)/t22-,27-/m0/s1. The van der Waals surface area contributed by atoms with Gasteiger partial charge in [-0.05, 0) is 48.7 Å². The lowest BCUT2D eigenvalue weighted by atomic mass is 10.0. The average Bonchev–Trinajstić information content (AvgIpc) is 2.90. The molecule has 3 aromatic carbocycles. The lowest BCUT2D eigenvalue weighted by Crippen LogP contribution is -2.54. The zero-order valence-corrected chi connectivity index (χ0v) is 24.3. The van der Waals surface area contributed by atoms with Crippen molar-refractivity contribution in [2.24, 2.45) is 0 Å². The monoisotopic (exact) mass is 599 g/mol. The number of benzene rings is 3. The van der Waals surface area contributed by atoms with Crippen LogP contribution in [0.1, 0.15) is 31.4 Å². The molecule has 0 aromatic heterocycles. The summed E-state index contributed by atoms with van der Waals surface area (Å²) in [5.41, 5.74) is 2.10. The maximum absolute atomic E-state index is 14.0. The van der Waals surface area contributed by atoms with Gasteiger partial charge in [0, 0.05) is 23.5 Å². The molecule has 0 fully saturated rings. The fourth-order valence-electron chi connectivity index (χ4n) is 3.99. The third kappa shape index (κ3) is 8.43. The molecule has 0 heterocycles. The van der Waals surface area contributed by atoms with Crippen molar-refractivity contribution in [2.75, 3.05) is 17.1 Å². The van der Waals surface area contributed by atoms with Gasteiger partial charge in [-0.25, -0.2) is 8.42 Å². The minimum absolute atomic E-state index is 0.0813. The molecular weight excluding hydrogens is 566 g/mol. The lowest BCUT2D eigenvalue weighted by Gasteiger charge is -2.34. The van der Waals surface area contributed by atoms with Crippen LogP contribution in [-0.4, -0.2) is 50.0 Å². The minimum atomic E-state index is -3.77. The van der Waals surface area contributed by atoms with Crippen LogP contribution in [0.2, 0.25) is 0 Å². The lowest BCUT2D eigenvalue weighted by molar-refractivity contribution is -0.140. The number of rotatable bonds is 12. The quantitative estimate of drug-likeness (QED) is 0.325. The molecule has 0 aliphatic heterocycles. The molecule has 0 aliphatic carbocycles. The SMILES string of the molecule is CC[C@H](C)NC(=O)[C@H](Cc1ccccc1)N(Cc1ccc(Br)cc1)C(=O)CN(c1ccccc1)S(C)(=O)=O. The average molecular weight is 601 g/mol. The van der Waals surface area contributed by atoms with Crippen LogP contribution < -0.4 is 9.62 Å². The molecule has 202 valence electrons. The number of carbonyl (C=O) groups is 2. The fraction of sp³-hybridized carbons (Fsp3) is 0.310. The molecule has 1 N–H and O–H groups in total. The maximum atomic E-state index is 14.0.